The van der Waals surface area contributed by atoms with Crippen LogP contribution in [0, 0.1) is 0 Å². The fourth-order valence-corrected chi connectivity index (χ4v) is 16.1. The van der Waals surface area contributed by atoms with Gasteiger partial charge in [0, 0.05) is 39.9 Å². The molecule has 0 fully saturated rings. The lowest BCUT2D eigenvalue weighted by Gasteiger charge is -2.28. The normalized spacial score (nSPS) is 12.3. The van der Waals surface area contributed by atoms with Crippen LogP contribution in [0.25, 0.3) is 0 Å². The molecule has 0 aliphatic heterocycles. The van der Waals surface area contributed by atoms with E-state index in [1.165, 1.54) is 21.5 Å². The summed E-state index contributed by atoms with van der Waals surface area (Å²) in [7, 11) is 10.0. The predicted octanol–water partition coefficient (Wildman–Crippen LogP) is 6.85. The summed E-state index contributed by atoms with van der Waals surface area (Å²) in [6.07, 6.45) is 4.26. The fraction of sp³-hybridized carbons (Fsp3) is 0.538. The van der Waals surface area contributed by atoms with E-state index in [2.05, 4.69) is 62.4 Å². The van der Waals surface area contributed by atoms with E-state index in [0.717, 1.165) is 49.3 Å². The predicted molar refractivity (Wildman–Crippen MR) is 169 cm³/mol. The molecule has 2 rings (SSSR count). The third kappa shape index (κ3) is 9.39. The molecule has 0 aromatic heterocycles. The smallest absolute Gasteiger partial charge is 0.372 e. The molecule has 0 bridgehead atoms. The molecule has 0 N–H and O–H groups in total. The highest BCUT2D eigenvalue weighted by Gasteiger charge is 2.38. The second-order valence-corrected chi connectivity index (χ2v) is 21.5. The van der Waals surface area contributed by atoms with Gasteiger partial charge in [0.15, 0.2) is 0 Å². The van der Waals surface area contributed by atoms with Gasteiger partial charge in [0.2, 0.25) is 0 Å². The van der Waals surface area contributed by atoms with Crippen molar-refractivity contribution in [2.45, 2.75) is 51.6 Å². The van der Waals surface area contributed by atoms with Gasteiger partial charge in [-0.3, -0.25) is 0 Å². The van der Waals surface area contributed by atoms with Gasteiger partial charge in [-0.05, 0) is 78.9 Å². The second-order valence-electron chi connectivity index (χ2n) is 8.41. The van der Waals surface area contributed by atoms with Crippen LogP contribution in [0.2, 0.25) is 12.1 Å². The maximum atomic E-state index is 5.98. The first kappa shape index (κ1) is 32.3. The van der Waals surface area contributed by atoms with Crippen LogP contribution >= 0.6 is 41.2 Å². The molecule has 0 spiro atoms. The molecular formula is C26H42O4S4Si2. The van der Waals surface area contributed by atoms with Gasteiger partial charge >= 0.3 is 17.1 Å². The third-order valence-electron chi connectivity index (χ3n) is 6.51. The molecule has 2 aromatic rings. The molecule has 0 unspecified atom stereocenters. The lowest BCUT2D eigenvalue weighted by Crippen LogP contribution is -2.52. The number of rotatable bonds is 19. The van der Waals surface area contributed by atoms with Crippen molar-refractivity contribution in [3.8, 4) is 0 Å². The molecule has 0 amide bonds. The van der Waals surface area contributed by atoms with Crippen LogP contribution in [0.15, 0.2) is 48.5 Å². The summed E-state index contributed by atoms with van der Waals surface area (Å²) in [6.45, 7) is 4.36. The topological polar surface area (TPSA) is 36.9 Å². The van der Waals surface area contributed by atoms with Crippen molar-refractivity contribution < 1.29 is 17.7 Å². The molecule has 0 aliphatic carbocycles. The number of hydrogen-bond donors (Lipinski definition) is 0. The van der Waals surface area contributed by atoms with Gasteiger partial charge < -0.3 is 17.7 Å². The van der Waals surface area contributed by atoms with Crippen LogP contribution in [0.4, 0.5) is 0 Å². The quantitative estimate of drug-likeness (QED) is 0.0982. The molecule has 10 heteroatoms. The van der Waals surface area contributed by atoms with Crippen LogP contribution < -0.4 is 10.4 Å². The standard InChI is InChI=1S/C26H42O4S4Si2/c1-7-23-11-15-25(16-12-23)35(27-3,28-4)21-9-19-31-33-34-32-20-10-22-36(29-5,30-6)26-17-13-24(8-2)14-18-26/h11-18H,7-10,19-22H2,1-6H3. The van der Waals surface area contributed by atoms with Gasteiger partial charge in [-0.2, -0.15) is 0 Å². The van der Waals surface area contributed by atoms with E-state index in [0.29, 0.717) is 0 Å². The summed E-state index contributed by atoms with van der Waals surface area (Å²) < 4.78 is 23.9. The highest BCUT2D eigenvalue weighted by molar-refractivity contribution is 9.26. The first-order valence-electron chi connectivity index (χ1n) is 12.5. The summed E-state index contributed by atoms with van der Waals surface area (Å²) >= 11 is 0. The van der Waals surface area contributed by atoms with Crippen molar-refractivity contribution in [2.24, 2.45) is 0 Å². The SMILES string of the molecule is CCc1ccc([Si](CCCSSSSCCC[Si](OC)(OC)c2ccc(CC)cc2)(OC)OC)cc1. The van der Waals surface area contributed by atoms with Crippen LogP contribution in [0.5, 0.6) is 0 Å². The average Bonchev–Trinajstić information content (AvgIpc) is 2.94. The van der Waals surface area contributed by atoms with E-state index in [-0.39, 0.29) is 0 Å². The van der Waals surface area contributed by atoms with Crippen LogP contribution in [0.1, 0.15) is 37.8 Å². The molecule has 36 heavy (non-hydrogen) atoms. The third-order valence-corrected chi connectivity index (χ3v) is 20.2. The molecular weight excluding hydrogens is 561 g/mol. The summed E-state index contributed by atoms with van der Waals surface area (Å²) in [5, 5.41) is 2.45. The summed E-state index contributed by atoms with van der Waals surface area (Å²) in [5.41, 5.74) is 2.69. The van der Waals surface area contributed by atoms with E-state index in [9.17, 15) is 0 Å². The van der Waals surface area contributed by atoms with Crippen molar-refractivity contribution in [2.75, 3.05) is 39.9 Å². The number of hydrogen-bond acceptors (Lipinski definition) is 8. The van der Waals surface area contributed by atoms with E-state index >= 15 is 0 Å². The van der Waals surface area contributed by atoms with Crippen molar-refractivity contribution in [3.05, 3.63) is 59.7 Å². The molecule has 0 saturated heterocycles. The molecule has 0 radical (unpaired) electrons. The summed E-state index contributed by atoms with van der Waals surface area (Å²) in [4.78, 5) is 0. The van der Waals surface area contributed by atoms with E-state index in [4.69, 9.17) is 17.7 Å². The Morgan fingerprint density at radius 3 is 1.17 bits per heavy atom. The zero-order chi connectivity index (χ0) is 26.3. The Balaban J connectivity index is 1.67. The Hall–Kier alpha value is 0.114. The number of benzene rings is 2. The molecule has 0 heterocycles. The van der Waals surface area contributed by atoms with Crippen LogP contribution in [-0.2, 0) is 30.5 Å². The Morgan fingerprint density at radius 2 is 0.889 bits per heavy atom. The van der Waals surface area contributed by atoms with Gasteiger partial charge in [-0.25, -0.2) is 0 Å². The molecule has 202 valence electrons. The summed E-state index contributed by atoms with van der Waals surface area (Å²) in [6, 6.07) is 19.5. The van der Waals surface area contributed by atoms with Crippen molar-refractivity contribution in [1.29, 1.82) is 0 Å². The first-order chi connectivity index (χ1) is 17.5. The average molecular weight is 603 g/mol. The molecule has 0 saturated carbocycles. The van der Waals surface area contributed by atoms with Gasteiger partial charge in [0.05, 0.1) is 0 Å². The Morgan fingerprint density at radius 1 is 0.556 bits per heavy atom. The zero-order valence-electron chi connectivity index (χ0n) is 22.5. The van der Waals surface area contributed by atoms with E-state index in [1.54, 1.807) is 28.4 Å². The highest BCUT2D eigenvalue weighted by atomic mass is 33.7. The minimum Gasteiger partial charge on any atom is -0.394 e. The van der Waals surface area contributed by atoms with Gasteiger partial charge in [-0.1, -0.05) is 84.0 Å². The van der Waals surface area contributed by atoms with Crippen molar-refractivity contribution in [1.82, 2.24) is 0 Å². The lowest BCUT2D eigenvalue weighted by atomic mass is 10.2. The van der Waals surface area contributed by atoms with Crippen molar-refractivity contribution >= 4 is 68.7 Å². The molecule has 2 aromatic carbocycles. The largest absolute Gasteiger partial charge is 0.394 e. The monoisotopic (exact) mass is 602 g/mol. The van der Waals surface area contributed by atoms with Crippen LogP contribution in [-0.4, -0.2) is 57.1 Å². The van der Waals surface area contributed by atoms with Gasteiger partial charge in [0.1, 0.15) is 0 Å². The molecule has 0 aliphatic rings. The van der Waals surface area contributed by atoms with Gasteiger partial charge in [-0.15, -0.1) is 0 Å². The van der Waals surface area contributed by atoms with Crippen molar-refractivity contribution in [3.63, 3.8) is 0 Å². The lowest BCUT2D eigenvalue weighted by molar-refractivity contribution is 0.256. The first-order valence-corrected chi connectivity index (χ1v) is 21.7. The Bertz CT molecular complexity index is 777. The van der Waals surface area contributed by atoms with E-state index in [1.807, 2.05) is 41.2 Å². The highest BCUT2D eigenvalue weighted by Crippen LogP contribution is 2.43. The zero-order valence-corrected chi connectivity index (χ0v) is 27.8. The maximum absolute atomic E-state index is 5.98. The van der Waals surface area contributed by atoms with Crippen LogP contribution in [0.3, 0.4) is 0 Å². The molecule has 4 nitrogen and oxygen atoms in total. The Labute approximate surface area is 236 Å². The maximum Gasteiger partial charge on any atom is 0.372 e. The summed E-state index contributed by atoms with van der Waals surface area (Å²) in [5.74, 6) is 2.17. The fourth-order valence-electron chi connectivity index (χ4n) is 4.16. The minimum absolute atomic E-state index is 0.969. The van der Waals surface area contributed by atoms with Gasteiger partial charge in [0.25, 0.3) is 0 Å². The molecule has 0 atom stereocenters. The minimum atomic E-state index is -2.35. The second kappa shape index (κ2) is 17.7. The number of aryl methyl sites for hydroxylation is 2. The van der Waals surface area contributed by atoms with E-state index < -0.39 is 17.1 Å². The Kier molecular flexibility index (Phi) is 15.9.